The summed E-state index contributed by atoms with van der Waals surface area (Å²) in [7, 11) is 0. The number of aromatic nitrogens is 4. The number of benzene rings is 4. The second kappa shape index (κ2) is 17.5. The second-order valence-corrected chi connectivity index (χ2v) is 14.8. The number of carbonyl (C=O) groups excluding carboxylic acids is 2. The van der Waals surface area contributed by atoms with Crippen molar-refractivity contribution in [2.45, 2.75) is 89.5 Å². The Morgan fingerprint density at radius 3 is 2.22 bits per heavy atom. The smallest absolute Gasteiger partial charge is 0.407 e. The molecule has 0 aliphatic heterocycles. The highest BCUT2D eigenvalue weighted by atomic mass is 16.6. The van der Waals surface area contributed by atoms with Gasteiger partial charge in [0.2, 0.25) is 5.91 Å². The molecule has 6 rings (SSSR count). The van der Waals surface area contributed by atoms with Crippen LogP contribution in [0.2, 0.25) is 0 Å². The van der Waals surface area contributed by atoms with E-state index >= 15 is 0 Å². The molecule has 4 N–H and O–H groups in total. The van der Waals surface area contributed by atoms with Crippen molar-refractivity contribution in [3.05, 3.63) is 143 Å². The van der Waals surface area contributed by atoms with Crippen LogP contribution in [0.3, 0.4) is 0 Å². The molecular weight excluding hydrogens is 684 g/mol. The van der Waals surface area contributed by atoms with Crippen molar-refractivity contribution in [1.82, 2.24) is 30.8 Å². The third-order valence-electron chi connectivity index (χ3n) is 9.42. The molecule has 0 saturated heterocycles. The predicted molar refractivity (Wildman–Crippen MR) is 202 cm³/mol. The largest absolute Gasteiger partial charge is 0.486 e. The van der Waals surface area contributed by atoms with E-state index in [1.165, 1.54) is 0 Å². The fraction of sp³-hybridized carbons (Fsp3) is 0.357. The molecule has 5 atom stereocenters. The first-order chi connectivity index (χ1) is 26.0. The number of nitrogens with zero attached hydrogens (tertiary/aromatic N) is 4. The summed E-state index contributed by atoms with van der Waals surface area (Å²) in [4.78, 5) is 27.1. The average Bonchev–Trinajstić information content (AvgIpc) is 3.73. The molecule has 1 heterocycles. The van der Waals surface area contributed by atoms with Crippen LogP contribution in [0.4, 0.5) is 4.79 Å². The lowest BCUT2D eigenvalue weighted by Crippen LogP contribution is -2.48. The first kappa shape index (κ1) is 38.1. The minimum absolute atomic E-state index is 0.0336. The molecule has 1 aliphatic carbocycles. The predicted octanol–water partition coefficient (Wildman–Crippen LogP) is 5.12. The average molecular weight is 733 g/mol. The van der Waals surface area contributed by atoms with E-state index in [0.717, 1.165) is 27.8 Å². The van der Waals surface area contributed by atoms with Gasteiger partial charge < -0.3 is 30.3 Å². The van der Waals surface area contributed by atoms with E-state index in [0.29, 0.717) is 31.0 Å². The normalized spacial score (nSPS) is 16.8. The van der Waals surface area contributed by atoms with Crippen molar-refractivity contribution < 1.29 is 29.3 Å². The fourth-order valence-electron chi connectivity index (χ4n) is 6.73. The molecule has 0 unspecified atom stereocenters. The summed E-state index contributed by atoms with van der Waals surface area (Å²) < 4.78 is 13.3. The van der Waals surface area contributed by atoms with Crippen LogP contribution in [0.15, 0.2) is 109 Å². The van der Waals surface area contributed by atoms with Crippen molar-refractivity contribution >= 4 is 12.0 Å². The van der Waals surface area contributed by atoms with Crippen molar-refractivity contribution in [2.75, 3.05) is 0 Å². The Morgan fingerprint density at radius 2 is 1.52 bits per heavy atom. The molecular formula is C42H48N6O6. The molecule has 1 aliphatic rings. The Bertz CT molecular complexity index is 1960. The molecule has 2 amide bonds. The molecule has 12 nitrogen and oxygen atoms in total. The lowest BCUT2D eigenvalue weighted by Gasteiger charge is -2.29. The van der Waals surface area contributed by atoms with E-state index in [4.69, 9.17) is 9.47 Å². The highest BCUT2D eigenvalue weighted by Crippen LogP contribution is 2.32. The Morgan fingerprint density at radius 1 is 0.870 bits per heavy atom. The monoisotopic (exact) mass is 732 g/mol. The summed E-state index contributed by atoms with van der Waals surface area (Å²) >= 11 is 0. The first-order valence-corrected chi connectivity index (χ1v) is 18.3. The lowest BCUT2D eigenvalue weighted by molar-refractivity contribution is -0.127. The minimum Gasteiger partial charge on any atom is -0.486 e. The van der Waals surface area contributed by atoms with Gasteiger partial charge in [0.15, 0.2) is 5.82 Å². The van der Waals surface area contributed by atoms with E-state index in [9.17, 15) is 19.8 Å². The van der Waals surface area contributed by atoms with Gasteiger partial charge in [-0.15, -0.1) is 5.10 Å². The van der Waals surface area contributed by atoms with Gasteiger partial charge in [0.25, 0.3) is 0 Å². The fourth-order valence-corrected chi connectivity index (χ4v) is 6.73. The molecule has 4 aromatic carbocycles. The number of alkyl carbamates (subject to hydrolysis) is 1. The zero-order valence-corrected chi connectivity index (χ0v) is 30.8. The molecule has 5 aromatic rings. The summed E-state index contributed by atoms with van der Waals surface area (Å²) in [5.41, 5.74) is 3.95. The molecule has 54 heavy (non-hydrogen) atoms. The van der Waals surface area contributed by atoms with E-state index in [1.807, 2.05) is 109 Å². The van der Waals surface area contributed by atoms with Gasteiger partial charge in [-0.1, -0.05) is 97.1 Å². The standard InChI is InChI=1S/C42H48N6O6/c1-42(2,3)54-41(52)43-35(23-28-12-6-4-7-13-28)36(49)25-32(40(51)44-39-34-17-11-10-16-31(34)24-37(39)50)22-29-18-20-33(21-19-29)53-27-38-45-46-47-48(38)26-30-14-8-5-9-15-30/h4-21,32,35-37,39,49-50H,22-27H2,1-3H3,(H,43,52)(H,44,51)/t32-,35-,36-,37+,39-/m0/s1. The Kier molecular flexibility index (Phi) is 12.4. The summed E-state index contributed by atoms with van der Waals surface area (Å²) in [6.07, 6.45) is -1.46. The maximum Gasteiger partial charge on any atom is 0.407 e. The van der Waals surface area contributed by atoms with Crippen molar-refractivity contribution in [3.8, 4) is 5.75 Å². The third kappa shape index (κ3) is 10.5. The first-order valence-electron chi connectivity index (χ1n) is 18.3. The minimum atomic E-state index is -1.11. The Labute approximate surface area is 315 Å². The lowest BCUT2D eigenvalue weighted by atomic mass is 9.88. The highest BCUT2D eigenvalue weighted by molar-refractivity contribution is 5.80. The molecule has 0 fully saturated rings. The zero-order valence-electron chi connectivity index (χ0n) is 30.8. The molecule has 0 spiro atoms. The molecule has 282 valence electrons. The van der Waals surface area contributed by atoms with Crippen LogP contribution in [-0.4, -0.2) is 66.3 Å². The van der Waals surface area contributed by atoms with Crippen LogP contribution in [0.25, 0.3) is 0 Å². The van der Waals surface area contributed by atoms with Gasteiger partial charge in [0, 0.05) is 12.3 Å². The number of hydrogen-bond acceptors (Lipinski definition) is 9. The van der Waals surface area contributed by atoms with Gasteiger partial charge in [0.05, 0.1) is 30.8 Å². The maximum atomic E-state index is 14.2. The van der Waals surface area contributed by atoms with Crippen LogP contribution in [0.5, 0.6) is 5.75 Å². The maximum absolute atomic E-state index is 14.2. The quantitative estimate of drug-likeness (QED) is 0.115. The zero-order chi connectivity index (χ0) is 38.1. The van der Waals surface area contributed by atoms with Gasteiger partial charge in [-0.3, -0.25) is 4.79 Å². The number of aliphatic hydroxyl groups is 2. The second-order valence-electron chi connectivity index (χ2n) is 14.8. The molecule has 0 saturated carbocycles. The van der Waals surface area contributed by atoms with Gasteiger partial charge >= 0.3 is 6.09 Å². The van der Waals surface area contributed by atoms with Gasteiger partial charge in [-0.05, 0) is 90.4 Å². The van der Waals surface area contributed by atoms with E-state index in [1.54, 1.807) is 25.5 Å². The van der Waals surface area contributed by atoms with Gasteiger partial charge in [0.1, 0.15) is 18.0 Å². The van der Waals surface area contributed by atoms with Crippen LogP contribution in [0.1, 0.15) is 66.9 Å². The van der Waals surface area contributed by atoms with Gasteiger partial charge in [-0.2, -0.15) is 0 Å². The van der Waals surface area contributed by atoms with Crippen LogP contribution < -0.4 is 15.4 Å². The SMILES string of the molecule is CC(C)(C)OC(=O)N[C@@H](Cc1ccccc1)[C@@H](O)C[C@H](Cc1ccc(OCc2nnnn2Cc2ccccc2)cc1)C(=O)N[C@H]1c2ccccc2C[C@H]1O. The summed E-state index contributed by atoms with van der Waals surface area (Å²) in [5.74, 6) is 0.155. The Hall–Kier alpha value is -5.59. The number of carbonyl (C=O) groups is 2. The number of tetrazole rings is 1. The topological polar surface area (TPSA) is 161 Å². The summed E-state index contributed by atoms with van der Waals surface area (Å²) in [6.45, 7) is 6.00. The van der Waals surface area contributed by atoms with E-state index in [2.05, 4.69) is 26.2 Å². The third-order valence-corrected chi connectivity index (χ3v) is 9.42. The number of amides is 2. The molecule has 12 heteroatoms. The van der Waals surface area contributed by atoms with Crippen molar-refractivity contribution in [1.29, 1.82) is 0 Å². The Balaban J connectivity index is 1.18. The van der Waals surface area contributed by atoms with Crippen molar-refractivity contribution in [2.24, 2.45) is 5.92 Å². The number of nitrogens with one attached hydrogen (secondary N) is 2. The van der Waals surface area contributed by atoms with Gasteiger partial charge in [-0.25, -0.2) is 9.48 Å². The molecule has 0 radical (unpaired) electrons. The number of aliphatic hydroxyl groups excluding tert-OH is 2. The van der Waals surface area contributed by atoms with E-state index in [-0.39, 0.29) is 25.4 Å². The summed E-state index contributed by atoms with van der Waals surface area (Å²) in [6, 6.07) is 33.2. The van der Waals surface area contributed by atoms with Crippen LogP contribution in [0, 0.1) is 5.92 Å². The molecule has 1 aromatic heterocycles. The molecule has 0 bridgehead atoms. The number of fused-ring (bicyclic) bond motifs is 1. The highest BCUT2D eigenvalue weighted by Gasteiger charge is 2.35. The van der Waals surface area contributed by atoms with Crippen LogP contribution in [-0.2, 0) is 41.9 Å². The number of rotatable bonds is 15. The number of hydrogen-bond donors (Lipinski definition) is 4. The summed E-state index contributed by atoms with van der Waals surface area (Å²) in [5, 5.41) is 40.7. The van der Waals surface area contributed by atoms with E-state index < -0.39 is 41.9 Å². The van der Waals surface area contributed by atoms with Crippen LogP contribution >= 0.6 is 0 Å². The van der Waals surface area contributed by atoms with Crippen molar-refractivity contribution in [3.63, 3.8) is 0 Å². The number of ether oxygens (including phenoxy) is 2.